The fraction of sp³-hybridized carbons (Fsp3) is 0.600. The van der Waals surface area contributed by atoms with Crippen molar-refractivity contribution in [3.8, 4) is 6.07 Å². The lowest BCUT2D eigenvalue weighted by atomic mass is 10.2. The Kier molecular flexibility index (Phi) is 7.78. The first-order valence-corrected chi connectivity index (χ1v) is 2.20. The van der Waals surface area contributed by atoms with Crippen molar-refractivity contribution in [3.63, 3.8) is 0 Å². The summed E-state index contributed by atoms with van der Waals surface area (Å²) in [6.45, 7) is 1.75. The summed E-state index contributed by atoms with van der Waals surface area (Å²) in [6.07, 6.45) is 0.546. The minimum atomic E-state index is 0. The summed E-state index contributed by atoms with van der Waals surface area (Å²) in [5, 5.41) is 7.90. The Balaban J connectivity index is 0. The maximum atomic E-state index is 10.2. The Bertz CT molecular complexity index is 103. The van der Waals surface area contributed by atoms with Crippen LogP contribution in [0.2, 0.25) is 0 Å². The van der Waals surface area contributed by atoms with E-state index in [-0.39, 0.29) is 17.7 Å². The second kappa shape index (κ2) is 6.12. The smallest absolute Gasteiger partial charge is 0.146 e. The molecule has 0 atom stereocenters. The molecular weight excluding hydrogens is 106 g/mol. The van der Waals surface area contributed by atoms with E-state index in [9.17, 15) is 4.79 Å². The molecule has 0 amide bonds. The van der Waals surface area contributed by atoms with Crippen LogP contribution in [0.15, 0.2) is 0 Å². The minimum Gasteiger partial charge on any atom is -0.412 e. The highest BCUT2D eigenvalue weighted by molar-refractivity contribution is 5.79. The van der Waals surface area contributed by atoms with Crippen LogP contribution >= 0.6 is 0 Å². The lowest BCUT2D eigenvalue weighted by Gasteiger charge is -1.79. The molecule has 0 aliphatic carbocycles. The Morgan fingerprint density at radius 2 is 2.25 bits per heavy atom. The molecule has 3 nitrogen and oxygen atoms in total. The van der Waals surface area contributed by atoms with E-state index in [2.05, 4.69) is 0 Å². The molecule has 46 valence electrons. The summed E-state index contributed by atoms with van der Waals surface area (Å²) < 4.78 is 0. The summed E-state index contributed by atoms with van der Waals surface area (Å²) in [4.78, 5) is 10.2. The number of ketones is 1. The molecule has 0 bridgehead atoms. The lowest BCUT2D eigenvalue weighted by Crippen LogP contribution is -1.89. The summed E-state index contributed by atoms with van der Waals surface area (Å²) >= 11 is 0. The second-order valence-electron chi connectivity index (χ2n) is 1.23. The Labute approximate surface area is 48.2 Å². The molecule has 8 heavy (non-hydrogen) atoms. The van der Waals surface area contributed by atoms with Crippen LogP contribution in [0.1, 0.15) is 19.8 Å². The van der Waals surface area contributed by atoms with Gasteiger partial charge < -0.3 is 5.48 Å². The molecule has 0 saturated carbocycles. The highest BCUT2D eigenvalue weighted by Crippen LogP contribution is 1.83. The fourth-order valence-corrected chi connectivity index (χ4v) is 0.213. The van der Waals surface area contributed by atoms with Crippen LogP contribution in [0.25, 0.3) is 0 Å². The first kappa shape index (κ1) is 10.2. The zero-order valence-electron chi connectivity index (χ0n) is 4.77. The van der Waals surface area contributed by atoms with E-state index in [1.54, 1.807) is 13.0 Å². The maximum absolute atomic E-state index is 10.2. The number of carbonyl (C=O) groups excluding carboxylic acids is 1. The van der Waals surface area contributed by atoms with E-state index in [1.807, 2.05) is 0 Å². The first-order valence-electron chi connectivity index (χ1n) is 2.20. The van der Waals surface area contributed by atoms with Crippen LogP contribution < -0.4 is 0 Å². The number of hydrogen-bond donors (Lipinski definition) is 0. The van der Waals surface area contributed by atoms with E-state index >= 15 is 0 Å². The molecule has 0 radical (unpaired) electrons. The molecule has 0 unspecified atom stereocenters. The van der Waals surface area contributed by atoms with Gasteiger partial charge in [-0.3, -0.25) is 4.79 Å². The SMILES string of the molecule is CCC(=O)CC#N.O. The van der Waals surface area contributed by atoms with Crippen molar-refractivity contribution in [2.45, 2.75) is 19.8 Å². The Morgan fingerprint density at radius 3 is 2.38 bits per heavy atom. The molecule has 3 heteroatoms. The van der Waals surface area contributed by atoms with Gasteiger partial charge in [0.05, 0.1) is 12.5 Å². The van der Waals surface area contributed by atoms with Crippen molar-refractivity contribution in [3.05, 3.63) is 0 Å². The topological polar surface area (TPSA) is 72.4 Å². The first-order chi connectivity index (χ1) is 3.31. The largest absolute Gasteiger partial charge is 0.412 e. The monoisotopic (exact) mass is 115 g/mol. The van der Waals surface area contributed by atoms with E-state index in [1.165, 1.54) is 0 Å². The Hall–Kier alpha value is -0.880. The van der Waals surface area contributed by atoms with Crippen molar-refractivity contribution in [1.29, 1.82) is 5.26 Å². The number of Topliss-reactive ketones (excluding diaryl/α,β-unsaturated/α-hetero) is 1. The Morgan fingerprint density at radius 1 is 1.75 bits per heavy atom. The van der Waals surface area contributed by atoms with Gasteiger partial charge in [0.1, 0.15) is 5.78 Å². The van der Waals surface area contributed by atoms with Gasteiger partial charge in [-0.2, -0.15) is 5.26 Å². The predicted octanol–water partition coefficient (Wildman–Crippen LogP) is 0.0545. The average molecular weight is 115 g/mol. The molecule has 0 spiro atoms. The van der Waals surface area contributed by atoms with Crippen LogP contribution in [-0.2, 0) is 4.79 Å². The molecule has 0 aliphatic rings. The zero-order valence-corrected chi connectivity index (χ0v) is 4.77. The van der Waals surface area contributed by atoms with Crippen LogP contribution in [0.3, 0.4) is 0 Å². The molecule has 0 aliphatic heterocycles. The normalized spacial score (nSPS) is 6.50. The van der Waals surface area contributed by atoms with Crippen LogP contribution in [0.4, 0.5) is 0 Å². The van der Waals surface area contributed by atoms with Gasteiger partial charge in [-0.1, -0.05) is 6.92 Å². The van der Waals surface area contributed by atoms with Crippen molar-refractivity contribution >= 4 is 5.78 Å². The van der Waals surface area contributed by atoms with Crippen LogP contribution in [0, 0.1) is 11.3 Å². The van der Waals surface area contributed by atoms with Gasteiger partial charge in [0.25, 0.3) is 0 Å². The van der Waals surface area contributed by atoms with Gasteiger partial charge >= 0.3 is 0 Å². The maximum Gasteiger partial charge on any atom is 0.146 e. The zero-order chi connectivity index (χ0) is 5.70. The second-order valence-corrected chi connectivity index (χ2v) is 1.23. The van der Waals surface area contributed by atoms with Crippen LogP contribution in [0.5, 0.6) is 0 Å². The van der Waals surface area contributed by atoms with E-state index in [0.29, 0.717) is 6.42 Å². The standard InChI is InChI=1S/C5H7NO.H2O/c1-2-5(7)3-4-6;/h2-3H2,1H3;1H2. The number of carbonyl (C=O) groups is 1. The summed E-state index contributed by atoms with van der Waals surface area (Å²) in [6, 6.07) is 1.77. The van der Waals surface area contributed by atoms with Gasteiger partial charge in [-0.05, 0) is 0 Å². The molecular formula is C5H9NO2. The molecule has 0 heterocycles. The summed E-state index contributed by atoms with van der Waals surface area (Å²) in [5.74, 6) is 0.0162. The van der Waals surface area contributed by atoms with E-state index < -0.39 is 0 Å². The molecule has 0 aromatic carbocycles. The number of nitrogens with zero attached hydrogens (tertiary/aromatic N) is 1. The molecule has 0 fully saturated rings. The van der Waals surface area contributed by atoms with E-state index in [4.69, 9.17) is 5.26 Å². The summed E-state index contributed by atoms with van der Waals surface area (Å²) in [5.41, 5.74) is 0. The van der Waals surface area contributed by atoms with E-state index in [0.717, 1.165) is 0 Å². The third-order valence-corrected chi connectivity index (χ3v) is 0.671. The minimum absolute atomic E-state index is 0. The molecule has 0 saturated heterocycles. The molecule has 0 aromatic rings. The van der Waals surface area contributed by atoms with Gasteiger partial charge in [-0.15, -0.1) is 0 Å². The van der Waals surface area contributed by atoms with Gasteiger partial charge in [0, 0.05) is 6.42 Å². The molecule has 2 N–H and O–H groups in total. The highest BCUT2D eigenvalue weighted by atomic mass is 16.1. The number of hydrogen-bond acceptors (Lipinski definition) is 2. The van der Waals surface area contributed by atoms with Gasteiger partial charge in [0.2, 0.25) is 0 Å². The number of nitriles is 1. The lowest BCUT2D eigenvalue weighted by molar-refractivity contribution is -0.117. The average Bonchev–Trinajstić information content (AvgIpc) is 1.68. The summed E-state index contributed by atoms with van der Waals surface area (Å²) in [7, 11) is 0. The van der Waals surface area contributed by atoms with Crippen molar-refractivity contribution in [2.75, 3.05) is 0 Å². The predicted molar refractivity (Wildman–Crippen MR) is 29.1 cm³/mol. The third kappa shape index (κ3) is 5.12. The molecule has 0 rings (SSSR count). The van der Waals surface area contributed by atoms with Crippen molar-refractivity contribution in [2.24, 2.45) is 0 Å². The third-order valence-electron chi connectivity index (χ3n) is 0.671. The quantitative estimate of drug-likeness (QED) is 0.510. The fourth-order valence-electron chi connectivity index (χ4n) is 0.213. The molecule has 0 aromatic heterocycles. The van der Waals surface area contributed by atoms with Gasteiger partial charge in [-0.25, -0.2) is 0 Å². The van der Waals surface area contributed by atoms with Gasteiger partial charge in [0.15, 0.2) is 0 Å². The van der Waals surface area contributed by atoms with Crippen LogP contribution in [-0.4, -0.2) is 11.3 Å². The number of rotatable bonds is 2. The van der Waals surface area contributed by atoms with Crippen molar-refractivity contribution in [1.82, 2.24) is 0 Å². The van der Waals surface area contributed by atoms with Crippen molar-refractivity contribution < 1.29 is 10.3 Å². The highest BCUT2D eigenvalue weighted by Gasteiger charge is 1.91.